The number of benzene rings is 2. The molecule has 1 atom stereocenters. The van der Waals surface area contributed by atoms with Gasteiger partial charge in [-0.25, -0.2) is 0 Å². The van der Waals surface area contributed by atoms with Crippen LogP contribution in [-0.2, 0) is 33.2 Å². The molecule has 9 nitrogen and oxygen atoms in total. The van der Waals surface area contributed by atoms with Gasteiger partial charge in [-0.3, -0.25) is 0 Å². The normalized spacial score (nSPS) is 19.0. The van der Waals surface area contributed by atoms with E-state index in [0.717, 1.165) is 20.9 Å². The Balaban J connectivity index is 2.56. The Hall–Kier alpha value is -4.40. The van der Waals surface area contributed by atoms with Crippen molar-refractivity contribution < 1.29 is 42.6 Å². The van der Waals surface area contributed by atoms with Crippen LogP contribution in [0.15, 0.2) is 71.0 Å². The first-order valence-electron chi connectivity index (χ1n) is 12.1. The van der Waals surface area contributed by atoms with Crippen LogP contribution in [0.4, 0.5) is 0 Å². The molecule has 4 rings (SSSR count). The van der Waals surface area contributed by atoms with Crippen molar-refractivity contribution in [1.29, 1.82) is 0 Å². The van der Waals surface area contributed by atoms with Crippen LogP contribution in [0.5, 0.6) is 11.5 Å². The summed E-state index contributed by atoms with van der Waals surface area (Å²) < 4.78 is 53.5. The maximum Gasteiger partial charge on any atom is 0.207 e. The molecule has 0 spiro atoms. The largest absolute Gasteiger partial charge is 0.496 e. The van der Waals surface area contributed by atoms with Crippen molar-refractivity contribution in [3.63, 3.8) is 0 Å². The second-order valence-corrected chi connectivity index (χ2v) is 8.42. The van der Waals surface area contributed by atoms with Crippen molar-refractivity contribution >= 4 is 11.3 Å². The van der Waals surface area contributed by atoms with Crippen LogP contribution in [0.25, 0.3) is 11.3 Å². The second-order valence-electron chi connectivity index (χ2n) is 8.42. The van der Waals surface area contributed by atoms with Gasteiger partial charge in [0, 0.05) is 16.0 Å². The quantitative estimate of drug-likeness (QED) is 0.478. The zero-order valence-corrected chi connectivity index (χ0v) is 23.7. The SMILES string of the molecule is COC1=C(OC)/C2=c3\ccc(OC)c(OC)\c3=c3/ccccc3=C(OC)C(OC)=C(OC)C2C(OC)=C1OC. The lowest BCUT2D eigenvalue weighted by Gasteiger charge is -2.32. The van der Waals surface area contributed by atoms with Crippen molar-refractivity contribution in [3.05, 3.63) is 91.8 Å². The first-order chi connectivity index (χ1) is 19.0. The molecule has 0 aliphatic heterocycles. The van der Waals surface area contributed by atoms with E-state index in [4.69, 9.17) is 42.6 Å². The van der Waals surface area contributed by atoms with Gasteiger partial charge in [0.05, 0.1) is 64.0 Å². The third-order valence-electron chi connectivity index (χ3n) is 6.86. The van der Waals surface area contributed by atoms with Crippen LogP contribution >= 0.6 is 0 Å². The summed E-state index contributed by atoms with van der Waals surface area (Å²) in [6, 6.07) is 11.6. The zero-order chi connectivity index (χ0) is 28.3. The van der Waals surface area contributed by atoms with Crippen molar-refractivity contribution in [3.8, 4) is 11.5 Å². The van der Waals surface area contributed by atoms with Gasteiger partial charge in [0.15, 0.2) is 34.5 Å². The molecule has 1 unspecified atom stereocenters. The van der Waals surface area contributed by atoms with Gasteiger partial charge in [-0.15, -0.1) is 0 Å². The van der Waals surface area contributed by atoms with Gasteiger partial charge in [0.2, 0.25) is 17.3 Å². The molecule has 0 heterocycles. The minimum Gasteiger partial charge on any atom is -0.496 e. The van der Waals surface area contributed by atoms with Gasteiger partial charge in [0.25, 0.3) is 0 Å². The molecule has 208 valence electrons. The molecule has 2 aliphatic rings. The molecule has 9 heteroatoms. The summed E-state index contributed by atoms with van der Waals surface area (Å²) in [5.41, 5.74) is 0.682. The number of methoxy groups -OCH3 is 9. The van der Waals surface area contributed by atoms with Gasteiger partial charge >= 0.3 is 0 Å². The molecule has 2 aliphatic carbocycles. The topological polar surface area (TPSA) is 83.1 Å². The Labute approximate surface area is 227 Å². The highest BCUT2D eigenvalue weighted by Gasteiger charge is 2.43. The summed E-state index contributed by atoms with van der Waals surface area (Å²) in [4.78, 5) is 0. The molecule has 0 fully saturated rings. The predicted molar refractivity (Wildman–Crippen MR) is 143 cm³/mol. The number of hydrogen-bond acceptors (Lipinski definition) is 9. The van der Waals surface area contributed by atoms with E-state index < -0.39 is 5.92 Å². The van der Waals surface area contributed by atoms with Gasteiger partial charge in [-0.2, -0.15) is 0 Å². The van der Waals surface area contributed by atoms with Crippen LogP contribution in [0.3, 0.4) is 0 Å². The van der Waals surface area contributed by atoms with Crippen molar-refractivity contribution in [2.75, 3.05) is 64.0 Å². The van der Waals surface area contributed by atoms with E-state index in [1.807, 2.05) is 36.4 Å². The van der Waals surface area contributed by atoms with Crippen molar-refractivity contribution in [1.82, 2.24) is 0 Å². The lowest BCUT2D eigenvalue weighted by atomic mass is 9.84. The van der Waals surface area contributed by atoms with Gasteiger partial charge < -0.3 is 42.6 Å². The number of hydrogen-bond donors (Lipinski definition) is 0. The van der Waals surface area contributed by atoms with Crippen molar-refractivity contribution in [2.45, 2.75) is 0 Å². The average molecular weight is 539 g/mol. The van der Waals surface area contributed by atoms with Crippen LogP contribution < -0.4 is 19.9 Å². The van der Waals surface area contributed by atoms with E-state index in [-0.39, 0.29) is 0 Å². The maximum absolute atomic E-state index is 6.09. The summed E-state index contributed by atoms with van der Waals surface area (Å²) >= 11 is 0. The molecule has 2 aromatic rings. The summed E-state index contributed by atoms with van der Waals surface area (Å²) in [7, 11) is 14.2. The molecule has 0 saturated carbocycles. The second kappa shape index (κ2) is 11.6. The minimum absolute atomic E-state index is 0.355. The monoisotopic (exact) mass is 538 g/mol. The van der Waals surface area contributed by atoms with Crippen LogP contribution in [0.2, 0.25) is 0 Å². The van der Waals surface area contributed by atoms with E-state index in [2.05, 4.69) is 0 Å². The predicted octanol–water partition coefficient (Wildman–Crippen LogP) is 3.05. The van der Waals surface area contributed by atoms with Crippen LogP contribution in [0.1, 0.15) is 0 Å². The number of allylic oxidation sites excluding steroid dienone is 1. The van der Waals surface area contributed by atoms with E-state index in [9.17, 15) is 0 Å². The fraction of sp³-hybridized carbons (Fsp3) is 0.333. The van der Waals surface area contributed by atoms with Crippen molar-refractivity contribution in [2.24, 2.45) is 5.92 Å². The summed E-state index contributed by atoms with van der Waals surface area (Å²) in [6.45, 7) is 0. The fourth-order valence-corrected chi connectivity index (χ4v) is 5.34. The van der Waals surface area contributed by atoms with Gasteiger partial charge in [-0.05, 0) is 22.6 Å². The highest BCUT2D eigenvalue weighted by molar-refractivity contribution is 5.76. The first kappa shape index (κ1) is 27.6. The Morgan fingerprint density at radius 3 is 1.46 bits per heavy atom. The molecular weight excluding hydrogens is 504 g/mol. The third-order valence-corrected chi connectivity index (χ3v) is 6.86. The van der Waals surface area contributed by atoms with Crippen LogP contribution in [-0.4, -0.2) is 64.0 Å². The van der Waals surface area contributed by atoms with E-state index in [1.54, 1.807) is 64.0 Å². The number of rotatable bonds is 9. The number of ether oxygens (including phenoxy) is 9. The smallest absolute Gasteiger partial charge is 0.207 e. The zero-order valence-electron chi connectivity index (χ0n) is 23.7. The molecule has 0 N–H and O–H groups in total. The van der Waals surface area contributed by atoms with E-state index in [1.165, 1.54) is 0 Å². The molecule has 2 aromatic carbocycles. The maximum atomic E-state index is 6.09. The third kappa shape index (κ3) is 4.18. The lowest BCUT2D eigenvalue weighted by Crippen LogP contribution is -2.29. The molecular formula is C30H34O9. The molecule has 0 radical (unpaired) electrons. The molecule has 0 amide bonds. The fourth-order valence-electron chi connectivity index (χ4n) is 5.34. The highest BCUT2D eigenvalue weighted by Crippen LogP contribution is 2.46. The molecule has 0 saturated heterocycles. The number of fused-ring (bicyclic) bond motifs is 3. The summed E-state index contributed by atoms with van der Waals surface area (Å²) in [5, 5.41) is 3.08. The molecule has 0 bridgehead atoms. The highest BCUT2D eigenvalue weighted by atomic mass is 16.6. The van der Waals surface area contributed by atoms with Gasteiger partial charge in [0.1, 0.15) is 5.92 Å². The standard InChI is InChI=1S/C30H34O9/c1-31-19-15-14-18-20(24(19)33-3)16-12-10-11-13-17(16)23(32-2)28(37-7)26(35-5)22-21(18)25(34-4)29(38-8)30(39-9)27(22)36-6/h10-15,22H,1-9H3/b20-16+,21-18+,23-17?,28-26?. The van der Waals surface area contributed by atoms with Crippen LogP contribution in [0, 0.1) is 16.4 Å². The Morgan fingerprint density at radius 2 is 0.974 bits per heavy atom. The Bertz CT molecular complexity index is 1580. The molecule has 0 aromatic heterocycles. The lowest BCUT2D eigenvalue weighted by molar-refractivity contribution is 0.134. The summed E-state index contributed by atoms with van der Waals surface area (Å²) in [5.74, 6) is 3.20. The van der Waals surface area contributed by atoms with E-state index in [0.29, 0.717) is 57.4 Å². The first-order valence-corrected chi connectivity index (χ1v) is 12.1. The van der Waals surface area contributed by atoms with Gasteiger partial charge in [-0.1, -0.05) is 24.3 Å². The average Bonchev–Trinajstić information content (AvgIpc) is 3.02. The summed E-state index contributed by atoms with van der Waals surface area (Å²) in [6.07, 6.45) is 0. The Kier molecular flexibility index (Phi) is 8.18. The minimum atomic E-state index is -0.699. The molecule has 39 heavy (non-hydrogen) atoms. The Morgan fingerprint density at radius 1 is 0.436 bits per heavy atom. The van der Waals surface area contributed by atoms with E-state index >= 15 is 0 Å².